The third-order valence-corrected chi connectivity index (χ3v) is 4.61. The Hall–Kier alpha value is -1.33. The summed E-state index contributed by atoms with van der Waals surface area (Å²) in [5, 5.41) is 0. The zero-order valence-corrected chi connectivity index (χ0v) is 14.3. The minimum atomic E-state index is -0.474. The van der Waals surface area contributed by atoms with Crippen LogP contribution in [0.1, 0.15) is 53.0 Å². The molecule has 0 aliphatic carbocycles. The van der Waals surface area contributed by atoms with Gasteiger partial charge in [0.15, 0.2) is 0 Å². The van der Waals surface area contributed by atoms with Gasteiger partial charge in [0.2, 0.25) is 0 Å². The van der Waals surface area contributed by atoms with E-state index in [4.69, 9.17) is 14.0 Å². The van der Waals surface area contributed by atoms with Gasteiger partial charge in [-0.2, -0.15) is 0 Å². The van der Waals surface area contributed by atoms with E-state index in [1.807, 2.05) is 65.8 Å². The molecule has 0 aromatic heterocycles. The van der Waals surface area contributed by atoms with Gasteiger partial charge < -0.3 is 14.0 Å². The second kappa shape index (κ2) is 6.05. The van der Waals surface area contributed by atoms with Gasteiger partial charge in [0.1, 0.15) is 0 Å². The molecule has 5 heteroatoms. The summed E-state index contributed by atoms with van der Waals surface area (Å²) in [6.45, 7) is 12.1. The van der Waals surface area contributed by atoms with Crippen LogP contribution in [0.15, 0.2) is 24.3 Å². The molecule has 22 heavy (non-hydrogen) atoms. The summed E-state index contributed by atoms with van der Waals surface area (Å²) in [5.74, 6) is -0.582. The SMILES string of the molecule is CCOC(=O)C(C)c1ccccc1B1OC(C)(C)C(C)(C)O1. The van der Waals surface area contributed by atoms with Gasteiger partial charge in [-0.1, -0.05) is 24.3 Å². The van der Waals surface area contributed by atoms with Crippen LogP contribution in [0, 0.1) is 0 Å². The molecule has 1 saturated heterocycles. The first-order valence-electron chi connectivity index (χ1n) is 7.80. The van der Waals surface area contributed by atoms with Crippen molar-refractivity contribution in [2.75, 3.05) is 6.61 Å². The molecule has 0 N–H and O–H groups in total. The highest BCUT2D eigenvalue weighted by Gasteiger charge is 2.52. The minimum absolute atomic E-state index is 0.230. The predicted octanol–water partition coefficient (Wildman–Crippen LogP) is 2.65. The zero-order valence-electron chi connectivity index (χ0n) is 14.3. The maximum Gasteiger partial charge on any atom is 0.495 e. The molecule has 1 aliphatic rings. The molecule has 1 aromatic rings. The molecule has 0 amide bonds. The molecule has 0 radical (unpaired) electrons. The number of carbonyl (C=O) groups is 1. The van der Waals surface area contributed by atoms with Crippen LogP contribution < -0.4 is 5.46 Å². The third kappa shape index (κ3) is 3.06. The second-order valence-corrected chi connectivity index (χ2v) is 6.69. The lowest BCUT2D eigenvalue weighted by Crippen LogP contribution is -2.41. The topological polar surface area (TPSA) is 44.8 Å². The Morgan fingerprint density at radius 1 is 1.18 bits per heavy atom. The molecule has 1 aliphatic heterocycles. The van der Waals surface area contributed by atoms with E-state index >= 15 is 0 Å². The Morgan fingerprint density at radius 2 is 1.73 bits per heavy atom. The molecular formula is C17H25BO4. The molecular weight excluding hydrogens is 279 g/mol. The average Bonchev–Trinajstić information content (AvgIpc) is 2.67. The van der Waals surface area contributed by atoms with E-state index in [-0.39, 0.29) is 11.9 Å². The fraction of sp³-hybridized carbons (Fsp3) is 0.588. The van der Waals surface area contributed by atoms with E-state index in [0.29, 0.717) is 6.61 Å². The van der Waals surface area contributed by atoms with Gasteiger partial charge in [0, 0.05) is 0 Å². The van der Waals surface area contributed by atoms with Crippen molar-refractivity contribution in [1.29, 1.82) is 0 Å². The van der Waals surface area contributed by atoms with Gasteiger partial charge >= 0.3 is 13.1 Å². The Bertz CT molecular complexity index is 537. The van der Waals surface area contributed by atoms with E-state index in [1.54, 1.807) is 0 Å². The first-order valence-corrected chi connectivity index (χ1v) is 7.80. The fourth-order valence-corrected chi connectivity index (χ4v) is 2.48. The highest BCUT2D eigenvalue weighted by Crippen LogP contribution is 2.37. The maximum absolute atomic E-state index is 12.1. The van der Waals surface area contributed by atoms with Crippen LogP contribution in [0.25, 0.3) is 0 Å². The molecule has 4 nitrogen and oxygen atoms in total. The number of esters is 1. The Morgan fingerprint density at radius 3 is 2.27 bits per heavy atom. The van der Waals surface area contributed by atoms with Gasteiger partial charge in [-0.25, -0.2) is 0 Å². The Kier molecular flexibility index (Phi) is 4.69. The lowest BCUT2D eigenvalue weighted by Gasteiger charge is -2.32. The van der Waals surface area contributed by atoms with E-state index in [2.05, 4.69) is 0 Å². The van der Waals surface area contributed by atoms with Gasteiger partial charge in [0.05, 0.1) is 23.7 Å². The number of rotatable bonds is 4. The molecule has 0 saturated carbocycles. The lowest BCUT2D eigenvalue weighted by atomic mass is 9.73. The van der Waals surface area contributed by atoms with Gasteiger partial charge in [-0.3, -0.25) is 4.79 Å². The molecule has 1 unspecified atom stereocenters. The summed E-state index contributed by atoms with van der Waals surface area (Å²) >= 11 is 0. The first kappa shape index (κ1) is 17.0. The molecule has 1 heterocycles. The third-order valence-electron chi connectivity index (χ3n) is 4.61. The first-order chi connectivity index (χ1) is 10.2. The predicted molar refractivity (Wildman–Crippen MR) is 87.2 cm³/mol. The fourth-order valence-electron chi connectivity index (χ4n) is 2.48. The molecule has 1 aromatic carbocycles. The zero-order chi connectivity index (χ0) is 16.5. The Balaban J connectivity index is 2.32. The van der Waals surface area contributed by atoms with Gasteiger partial charge in [0.25, 0.3) is 0 Å². The maximum atomic E-state index is 12.1. The quantitative estimate of drug-likeness (QED) is 0.634. The van der Waals surface area contributed by atoms with Crippen LogP contribution in [-0.2, 0) is 18.8 Å². The summed E-state index contributed by atoms with van der Waals surface area (Å²) in [5.41, 5.74) is 0.969. The number of hydrogen-bond donors (Lipinski definition) is 0. The number of carbonyl (C=O) groups excluding carboxylic acids is 1. The molecule has 1 atom stereocenters. The molecule has 1 fully saturated rings. The van der Waals surface area contributed by atoms with Crippen molar-refractivity contribution in [2.24, 2.45) is 0 Å². The highest BCUT2D eigenvalue weighted by molar-refractivity contribution is 6.62. The van der Waals surface area contributed by atoms with Crippen molar-refractivity contribution < 1.29 is 18.8 Å². The van der Waals surface area contributed by atoms with Crippen LogP contribution in [0.2, 0.25) is 0 Å². The summed E-state index contributed by atoms with van der Waals surface area (Å²) < 4.78 is 17.3. The van der Waals surface area contributed by atoms with E-state index < -0.39 is 18.3 Å². The average molecular weight is 304 g/mol. The van der Waals surface area contributed by atoms with E-state index in [9.17, 15) is 4.79 Å². The van der Waals surface area contributed by atoms with Gasteiger partial charge in [-0.05, 0) is 52.6 Å². The largest absolute Gasteiger partial charge is 0.495 e. The highest BCUT2D eigenvalue weighted by atomic mass is 16.7. The standard InChI is InChI=1S/C17H25BO4/c1-7-20-15(19)12(2)13-10-8-9-11-14(13)18-21-16(3,4)17(5,6)22-18/h8-12H,7H2,1-6H3. The van der Waals surface area contributed by atoms with Crippen LogP contribution in [0.5, 0.6) is 0 Å². The van der Waals surface area contributed by atoms with Crippen LogP contribution >= 0.6 is 0 Å². The van der Waals surface area contributed by atoms with Crippen molar-refractivity contribution in [2.45, 2.75) is 58.7 Å². The molecule has 0 spiro atoms. The second-order valence-electron chi connectivity index (χ2n) is 6.69. The molecule has 2 rings (SSSR count). The molecule has 120 valence electrons. The number of benzene rings is 1. The van der Waals surface area contributed by atoms with E-state index in [1.165, 1.54) is 0 Å². The monoisotopic (exact) mass is 304 g/mol. The van der Waals surface area contributed by atoms with Crippen LogP contribution in [0.4, 0.5) is 0 Å². The van der Waals surface area contributed by atoms with Crippen molar-refractivity contribution in [3.05, 3.63) is 29.8 Å². The van der Waals surface area contributed by atoms with Crippen LogP contribution in [0.3, 0.4) is 0 Å². The van der Waals surface area contributed by atoms with Crippen molar-refractivity contribution in [3.8, 4) is 0 Å². The summed E-state index contributed by atoms with van der Waals surface area (Å²) in [6, 6.07) is 7.73. The van der Waals surface area contributed by atoms with E-state index in [0.717, 1.165) is 11.0 Å². The van der Waals surface area contributed by atoms with Crippen molar-refractivity contribution in [3.63, 3.8) is 0 Å². The lowest BCUT2D eigenvalue weighted by molar-refractivity contribution is -0.144. The molecule has 0 bridgehead atoms. The van der Waals surface area contributed by atoms with Crippen molar-refractivity contribution >= 4 is 18.6 Å². The summed E-state index contributed by atoms with van der Waals surface area (Å²) in [6.07, 6.45) is 0. The minimum Gasteiger partial charge on any atom is -0.466 e. The smallest absolute Gasteiger partial charge is 0.466 e. The summed E-state index contributed by atoms with van der Waals surface area (Å²) in [4.78, 5) is 12.1. The van der Waals surface area contributed by atoms with Gasteiger partial charge in [-0.15, -0.1) is 0 Å². The number of hydrogen-bond acceptors (Lipinski definition) is 4. The normalized spacial score (nSPS) is 20.7. The van der Waals surface area contributed by atoms with Crippen LogP contribution in [-0.4, -0.2) is 30.9 Å². The van der Waals surface area contributed by atoms with Crippen molar-refractivity contribution in [1.82, 2.24) is 0 Å². The number of ether oxygens (including phenoxy) is 1. The Labute approximate surface area is 133 Å². The summed E-state index contributed by atoms with van der Waals surface area (Å²) in [7, 11) is -0.474.